The maximum absolute atomic E-state index is 13.0. The molecule has 3 N–H and O–H groups in total. The molecule has 1 saturated carbocycles. The predicted octanol–water partition coefficient (Wildman–Crippen LogP) is 3.20. The molecule has 0 saturated heterocycles. The Balaban J connectivity index is 1.67. The molecule has 1 amide bonds. The van der Waals surface area contributed by atoms with Gasteiger partial charge in [-0.15, -0.1) is 0 Å². The Bertz CT molecular complexity index is 1150. The number of nitrogens with zero attached hydrogens (tertiary/aromatic N) is 2. The fourth-order valence-electron chi connectivity index (χ4n) is 3.32. The molecule has 1 heterocycles. The van der Waals surface area contributed by atoms with E-state index in [1.54, 1.807) is 31.4 Å². The van der Waals surface area contributed by atoms with Crippen LogP contribution in [0.4, 0.5) is 5.82 Å². The number of benzene rings is 2. The molecule has 4 rings (SSSR count). The van der Waals surface area contributed by atoms with E-state index >= 15 is 0 Å². The Kier molecular flexibility index (Phi) is 5.03. The first-order chi connectivity index (χ1) is 14.4. The van der Waals surface area contributed by atoms with Crippen LogP contribution in [-0.2, 0) is 0 Å². The number of methoxy groups -OCH3 is 1. The summed E-state index contributed by atoms with van der Waals surface area (Å²) in [5.41, 5.74) is 10.1. The number of ketones is 1. The second kappa shape index (κ2) is 7.67. The standard InChI is InChI=1S/C23H24N4O3/c1-13-4-7-16(23(29)26-17-8-9-17)10-19(13)27-22(24)18(12-25-27)21(28)15-6-5-14(2)20(11-15)30-3/h4-7,10-12,17H,8-9,24H2,1-3H3,(H,26,29). The van der Waals surface area contributed by atoms with Gasteiger partial charge < -0.3 is 15.8 Å². The molecule has 0 aliphatic heterocycles. The number of aryl methyl sites for hydroxylation is 2. The average Bonchev–Trinajstić information content (AvgIpc) is 3.47. The number of hydrogen-bond acceptors (Lipinski definition) is 5. The highest BCUT2D eigenvalue weighted by atomic mass is 16.5. The SMILES string of the molecule is COc1cc(C(=O)c2cnn(-c3cc(C(=O)NC4CC4)ccc3C)c2N)ccc1C. The molecule has 0 radical (unpaired) electrons. The molecule has 2 aromatic carbocycles. The third-order valence-corrected chi connectivity index (χ3v) is 5.33. The van der Waals surface area contributed by atoms with Gasteiger partial charge in [-0.05, 0) is 56.0 Å². The monoisotopic (exact) mass is 404 g/mol. The number of nitrogens with two attached hydrogens (primary N) is 1. The number of nitrogen functional groups attached to an aromatic ring is 1. The van der Waals surface area contributed by atoms with Crippen LogP contribution < -0.4 is 15.8 Å². The largest absolute Gasteiger partial charge is 0.496 e. The molecule has 0 atom stereocenters. The Morgan fingerprint density at radius 3 is 2.50 bits per heavy atom. The quantitative estimate of drug-likeness (QED) is 0.615. The molecule has 30 heavy (non-hydrogen) atoms. The lowest BCUT2D eigenvalue weighted by Gasteiger charge is -2.11. The molecular formula is C23H24N4O3. The lowest BCUT2D eigenvalue weighted by molar-refractivity contribution is 0.0950. The molecule has 0 unspecified atom stereocenters. The number of aromatic nitrogens is 2. The van der Waals surface area contributed by atoms with Gasteiger partial charge >= 0.3 is 0 Å². The van der Waals surface area contributed by atoms with Crippen molar-refractivity contribution in [2.75, 3.05) is 12.8 Å². The maximum Gasteiger partial charge on any atom is 0.251 e. The molecule has 7 nitrogen and oxygen atoms in total. The molecule has 1 aromatic heterocycles. The second-order valence-corrected chi connectivity index (χ2v) is 7.62. The highest BCUT2D eigenvalue weighted by Crippen LogP contribution is 2.26. The minimum absolute atomic E-state index is 0.118. The molecule has 0 spiro atoms. The van der Waals surface area contributed by atoms with Crippen molar-refractivity contribution >= 4 is 17.5 Å². The number of carbonyl (C=O) groups is 2. The second-order valence-electron chi connectivity index (χ2n) is 7.62. The van der Waals surface area contributed by atoms with Crippen LogP contribution >= 0.6 is 0 Å². The smallest absolute Gasteiger partial charge is 0.251 e. The van der Waals surface area contributed by atoms with Crippen molar-refractivity contribution in [2.24, 2.45) is 0 Å². The minimum atomic E-state index is -0.239. The summed E-state index contributed by atoms with van der Waals surface area (Å²) in [6.45, 7) is 3.82. The molecule has 0 bridgehead atoms. The minimum Gasteiger partial charge on any atom is -0.496 e. The van der Waals surface area contributed by atoms with E-state index in [-0.39, 0.29) is 23.6 Å². The van der Waals surface area contributed by atoms with E-state index in [1.165, 1.54) is 10.9 Å². The van der Waals surface area contributed by atoms with E-state index in [2.05, 4.69) is 10.4 Å². The van der Waals surface area contributed by atoms with Crippen LogP contribution in [-0.4, -0.2) is 34.6 Å². The number of nitrogens with one attached hydrogen (secondary N) is 1. The van der Waals surface area contributed by atoms with Gasteiger partial charge in [0.05, 0.1) is 24.6 Å². The first-order valence-electron chi connectivity index (χ1n) is 9.83. The van der Waals surface area contributed by atoms with Crippen LogP contribution in [0.3, 0.4) is 0 Å². The van der Waals surface area contributed by atoms with Crippen LogP contribution in [0.2, 0.25) is 0 Å². The summed E-state index contributed by atoms with van der Waals surface area (Å²) >= 11 is 0. The summed E-state index contributed by atoms with van der Waals surface area (Å²) in [5.74, 6) is 0.504. The maximum atomic E-state index is 13.0. The zero-order valence-electron chi connectivity index (χ0n) is 17.2. The zero-order valence-corrected chi connectivity index (χ0v) is 17.2. The van der Waals surface area contributed by atoms with Crippen LogP contribution in [0.5, 0.6) is 5.75 Å². The van der Waals surface area contributed by atoms with E-state index in [4.69, 9.17) is 10.5 Å². The number of amides is 1. The topological polar surface area (TPSA) is 99.2 Å². The summed E-state index contributed by atoms with van der Waals surface area (Å²) < 4.78 is 6.82. The Labute approximate surface area is 174 Å². The Morgan fingerprint density at radius 1 is 1.10 bits per heavy atom. The lowest BCUT2D eigenvalue weighted by atomic mass is 10.0. The van der Waals surface area contributed by atoms with E-state index < -0.39 is 0 Å². The van der Waals surface area contributed by atoms with Crippen molar-refractivity contribution < 1.29 is 14.3 Å². The molecule has 7 heteroatoms. The summed E-state index contributed by atoms with van der Waals surface area (Å²) in [6.07, 6.45) is 3.50. The van der Waals surface area contributed by atoms with E-state index in [9.17, 15) is 9.59 Å². The van der Waals surface area contributed by atoms with E-state index in [1.807, 2.05) is 26.0 Å². The molecular weight excluding hydrogens is 380 g/mol. The predicted molar refractivity (Wildman–Crippen MR) is 114 cm³/mol. The normalized spacial score (nSPS) is 13.2. The number of rotatable bonds is 6. The summed E-state index contributed by atoms with van der Waals surface area (Å²) in [7, 11) is 1.57. The fraction of sp³-hybridized carbons (Fsp3) is 0.261. The molecule has 1 aliphatic carbocycles. The number of hydrogen-bond donors (Lipinski definition) is 2. The highest BCUT2D eigenvalue weighted by molar-refractivity contribution is 6.12. The Hall–Kier alpha value is -3.61. The van der Waals surface area contributed by atoms with Crippen molar-refractivity contribution in [3.05, 3.63) is 70.4 Å². The summed E-state index contributed by atoms with van der Waals surface area (Å²) in [6, 6.07) is 10.9. The molecule has 3 aromatic rings. The lowest BCUT2D eigenvalue weighted by Crippen LogP contribution is -2.25. The summed E-state index contributed by atoms with van der Waals surface area (Å²) in [5, 5.41) is 7.31. The van der Waals surface area contributed by atoms with Gasteiger partial charge in [0.15, 0.2) is 5.78 Å². The zero-order chi connectivity index (χ0) is 21.4. The van der Waals surface area contributed by atoms with Gasteiger partial charge in [0.1, 0.15) is 11.6 Å². The van der Waals surface area contributed by atoms with Crippen molar-refractivity contribution in [3.8, 4) is 11.4 Å². The van der Waals surface area contributed by atoms with Gasteiger partial charge in [-0.3, -0.25) is 9.59 Å². The number of ether oxygens (including phenoxy) is 1. The van der Waals surface area contributed by atoms with E-state index in [0.717, 1.165) is 24.0 Å². The van der Waals surface area contributed by atoms with Crippen molar-refractivity contribution in [1.29, 1.82) is 0 Å². The summed E-state index contributed by atoms with van der Waals surface area (Å²) in [4.78, 5) is 25.4. The van der Waals surface area contributed by atoms with Gasteiger partial charge in [-0.2, -0.15) is 5.10 Å². The van der Waals surface area contributed by atoms with Crippen molar-refractivity contribution in [1.82, 2.24) is 15.1 Å². The number of anilines is 1. The first-order valence-corrected chi connectivity index (χ1v) is 9.83. The average molecular weight is 404 g/mol. The van der Waals surface area contributed by atoms with Gasteiger partial charge in [0, 0.05) is 17.2 Å². The molecule has 1 aliphatic rings. The fourth-order valence-corrected chi connectivity index (χ4v) is 3.32. The van der Waals surface area contributed by atoms with Gasteiger partial charge in [0.2, 0.25) is 0 Å². The molecule has 154 valence electrons. The van der Waals surface area contributed by atoms with Crippen molar-refractivity contribution in [3.63, 3.8) is 0 Å². The molecule has 1 fully saturated rings. The Morgan fingerprint density at radius 2 is 1.80 bits per heavy atom. The third-order valence-electron chi connectivity index (χ3n) is 5.33. The highest BCUT2D eigenvalue weighted by Gasteiger charge is 2.24. The van der Waals surface area contributed by atoms with Crippen LogP contribution in [0.25, 0.3) is 5.69 Å². The van der Waals surface area contributed by atoms with Crippen molar-refractivity contribution in [2.45, 2.75) is 32.7 Å². The van der Waals surface area contributed by atoms with Gasteiger partial charge in [0.25, 0.3) is 5.91 Å². The first kappa shape index (κ1) is 19.7. The number of carbonyl (C=O) groups excluding carboxylic acids is 2. The van der Waals surface area contributed by atoms with Crippen LogP contribution in [0.1, 0.15) is 50.2 Å². The van der Waals surface area contributed by atoms with Crippen LogP contribution in [0.15, 0.2) is 42.6 Å². The third kappa shape index (κ3) is 3.66. The van der Waals surface area contributed by atoms with Gasteiger partial charge in [-0.25, -0.2) is 4.68 Å². The van der Waals surface area contributed by atoms with E-state index in [0.29, 0.717) is 28.1 Å². The van der Waals surface area contributed by atoms with Crippen LogP contribution in [0, 0.1) is 13.8 Å². The van der Waals surface area contributed by atoms with Gasteiger partial charge in [-0.1, -0.05) is 18.2 Å².